The Bertz CT molecular complexity index is 582. The highest BCUT2D eigenvalue weighted by molar-refractivity contribution is 7.95. The predicted molar refractivity (Wildman–Crippen MR) is 90.0 cm³/mol. The van der Waals surface area contributed by atoms with Crippen molar-refractivity contribution < 1.29 is 18.5 Å². The van der Waals surface area contributed by atoms with Crippen LogP contribution < -0.4 is 5.32 Å². The molecule has 0 heterocycles. The summed E-state index contributed by atoms with van der Waals surface area (Å²) in [6.07, 6.45) is 0.560. The van der Waals surface area contributed by atoms with Gasteiger partial charge in [0.1, 0.15) is 5.60 Å². The molecule has 5 nitrogen and oxygen atoms in total. The Balaban J connectivity index is 2.08. The monoisotopic (exact) mass is 337 g/mol. The number of hydrogen-bond acceptors (Lipinski definition) is 5. The maximum Gasteiger partial charge on any atom is 0.407 e. The molecule has 6 heteroatoms. The first kappa shape index (κ1) is 17.7. The van der Waals surface area contributed by atoms with Gasteiger partial charge in [0.25, 0.3) is 0 Å². The van der Waals surface area contributed by atoms with Gasteiger partial charge in [-0.1, -0.05) is 31.2 Å². The third kappa shape index (κ3) is 4.89. The molecule has 0 radical (unpaired) electrons. The van der Waals surface area contributed by atoms with Gasteiger partial charge in [-0.2, -0.15) is 0 Å². The first-order valence-corrected chi connectivity index (χ1v) is 8.54. The van der Waals surface area contributed by atoms with Crippen LogP contribution in [-0.4, -0.2) is 23.7 Å². The van der Waals surface area contributed by atoms with E-state index in [4.69, 9.17) is 8.92 Å². The van der Waals surface area contributed by atoms with E-state index in [-0.39, 0.29) is 17.3 Å². The fourth-order valence-electron chi connectivity index (χ4n) is 2.43. The van der Waals surface area contributed by atoms with Crippen molar-refractivity contribution in [2.45, 2.75) is 57.4 Å². The highest BCUT2D eigenvalue weighted by Crippen LogP contribution is 2.42. The van der Waals surface area contributed by atoms with Crippen LogP contribution in [0.25, 0.3) is 0 Å². The maximum atomic E-state index is 12.1. The van der Waals surface area contributed by atoms with Gasteiger partial charge in [-0.15, -0.1) is 0 Å². The van der Waals surface area contributed by atoms with E-state index in [0.717, 1.165) is 23.2 Å². The second kappa shape index (κ2) is 7.25. The number of benzene rings is 1. The molecule has 0 fully saturated rings. The molecule has 0 aliphatic heterocycles. The van der Waals surface area contributed by atoms with Crippen molar-refractivity contribution >= 4 is 24.1 Å². The summed E-state index contributed by atoms with van der Waals surface area (Å²) in [4.78, 5) is 23.5. The third-order valence-electron chi connectivity index (χ3n) is 3.40. The lowest BCUT2D eigenvalue weighted by molar-refractivity contribution is -0.132. The highest BCUT2D eigenvalue weighted by Gasteiger charge is 2.36. The number of nitrogens with one attached hydrogen (secondary N) is 1. The number of amides is 1. The standard InChI is InChI=1S/C17H23NO4S/c1-5-14(19)22-23-15-12-9-7-6-8-11(12)10-13(15)18-16(20)21-17(2,3)4/h6-9,13,15H,5,10H2,1-4H3,(H,18,20)/t13-,15-/m1/s1. The minimum absolute atomic E-state index is 0.130. The molecule has 1 amide bonds. The quantitative estimate of drug-likeness (QED) is 0.847. The summed E-state index contributed by atoms with van der Waals surface area (Å²) in [6.45, 7) is 7.23. The zero-order chi connectivity index (χ0) is 17.0. The topological polar surface area (TPSA) is 64.6 Å². The number of fused-ring (bicyclic) bond motifs is 1. The zero-order valence-electron chi connectivity index (χ0n) is 13.9. The largest absolute Gasteiger partial charge is 0.444 e. The smallest absolute Gasteiger partial charge is 0.407 e. The molecule has 2 rings (SSSR count). The first-order chi connectivity index (χ1) is 10.8. The molecule has 2 atom stereocenters. The van der Waals surface area contributed by atoms with Crippen molar-refractivity contribution in [3.63, 3.8) is 0 Å². The minimum Gasteiger partial charge on any atom is -0.444 e. The molecule has 0 unspecified atom stereocenters. The number of carbonyl (C=O) groups excluding carboxylic acids is 2. The molecule has 126 valence electrons. The normalized spacial score (nSPS) is 19.8. The van der Waals surface area contributed by atoms with Gasteiger partial charge in [0.05, 0.1) is 23.3 Å². The van der Waals surface area contributed by atoms with Crippen LogP contribution in [0.4, 0.5) is 4.79 Å². The maximum absolute atomic E-state index is 12.1. The molecular formula is C17H23NO4S. The first-order valence-electron chi connectivity index (χ1n) is 7.73. The van der Waals surface area contributed by atoms with Gasteiger partial charge < -0.3 is 14.2 Å². The van der Waals surface area contributed by atoms with Gasteiger partial charge in [0.15, 0.2) is 0 Å². The fraction of sp³-hybridized carbons (Fsp3) is 0.529. The van der Waals surface area contributed by atoms with E-state index < -0.39 is 11.7 Å². The lowest BCUT2D eigenvalue weighted by Gasteiger charge is -2.24. The van der Waals surface area contributed by atoms with Crippen LogP contribution in [0.5, 0.6) is 0 Å². The molecule has 1 aromatic carbocycles. The van der Waals surface area contributed by atoms with E-state index in [0.29, 0.717) is 12.8 Å². The third-order valence-corrected chi connectivity index (χ3v) is 4.47. The molecule has 1 aliphatic rings. The van der Waals surface area contributed by atoms with Crippen molar-refractivity contribution in [2.75, 3.05) is 0 Å². The lowest BCUT2D eigenvalue weighted by atomic mass is 10.1. The molecule has 0 saturated carbocycles. The number of hydrogen-bond donors (Lipinski definition) is 1. The van der Waals surface area contributed by atoms with Crippen LogP contribution in [0.15, 0.2) is 24.3 Å². The van der Waals surface area contributed by atoms with Gasteiger partial charge in [-0.25, -0.2) is 4.79 Å². The van der Waals surface area contributed by atoms with Crippen LogP contribution in [0.2, 0.25) is 0 Å². The second-order valence-electron chi connectivity index (χ2n) is 6.48. The summed E-state index contributed by atoms with van der Waals surface area (Å²) >= 11 is 1.11. The Labute approximate surface area is 141 Å². The van der Waals surface area contributed by atoms with Crippen molar-refractivity contribution in [3.05, 3.63) is 35.4 Å². The SMILES string of the molecule is CCC(=O)OS[C@@H]1c2ccccc2C[C@H]1NC(=O)OC(C)(C)C. The molecule has 1 aliphatic carbocycles. The van der Waals surface area contributed by atoms with Crippen LogP contribution in [0.3, 0.4) is 0 Å². The van der Waals surface area contributed by atoms with E-state index in [1.807, 2.05) is 45.0 Å². The second-order valence-corrected chi connectivity index (χ2v) is 7.35. The van der Waals surface area contributed by atoms with Crippen molar-refractivity contribution in [1.29, 1.82) is 0 Å². The molecule has 0 aromatic heterocycles. The fourth-order valence-corrected chi connectivity index (χ4v) is 3.39. The van der Waals surface area contributed by atoms with Gasteiger partial charge in [-0.3, -0.25) is 4.79 Å². The molecule has 1 N–H and O–H groups in total. The highest BCUT2D eigenvalue weighted by atomic mass is 32.2. The Morgan fingerprint density at radius 3 is 2.65 bits per heavy atom. The summed E-state index contributed by atoms with van der Waals surface area (Å²) in [6, 6.07) is 7.78. The number of alkyl carbamates (subject to hydrolysis) is 1. The summed E-state index contributed by atoms with van der Waals surface area (Å²) in [7, 11) is 0. The Kier molecular flexibility index (Phi) is 5.57. The van der Waals surface area contributed by atoms with Gasteiger partial charge in [0, 0.05) is 6.42 Å². The van der Waals surface area contributed by atoms with E-state index in [1.54, 1.807) is 6.92 Å². The number of ether oxygens (including phenoxy) is 1. The number of carbonyl (C=O) groups is 2. The Hall–Kier alpha value is -1.69. The van der Waals surface area contributed by atoms with Crippen molar-refractivity contribution in [2.24, 2.45) is 0 Å². The lowest BCUT2D eigenvalue weighted by Crippen LogP contribution is -2.40. The zero-order valence-corrected chi connectivity index (χ0v) is 14.7. The molecule has 23 heavy (non-hydrogen) atoms. The predicted octanol–water partition coefficient (Wildman–Crippen LogP) is 3.78. The molecular weight excluding hydrogens is 314 g/mol. The van der Waals surface area contributed by atoms with Crippen LogP contribution in [0.1, 0.15) is 50.5 Å². The Morgan fingerprint density at radius 1 is 1.30 bits per heavy atom. The summed E-state index contributed by atoms with van der Waals surface area (Å²) in [5.41, 5.74) is 1.69. The van der Waals surface area contributed by atoms with Crippen molar-refractivity contribution in [1.82, 2.24) is 5.32 Å². The van der Waals surface area contributed by atoms with Gasteiger partial charge in [0.2, 0.25) is 0 Å². The average Bonchev–Trinajstić information content (AvgIpc) is 2.79. The van der Waals surface area contributed by atoms with E-state index in [9.17, 15) is 9.59 Å². The summed E-state index contributed by atoms with van der Waals surface area (Å²) in [5, 5.41) is 2.77. The molecule has 1 aromatic rings. The van der Waals surface area contributed by atoms with E-state index in [2.05, 4.69) is 5.32 Å². The van der Waals surface area contributed by atoms with Crippen molar-refractivity contribution in [3.8, 4) is 0 Å². The van der Waals surface area contributed by atoms with Crippen LogP contribution in [0, 0.1) is 0 Å². The van der Waals surface area contributed by atoms with Gasteiger partial charge >= 0.3 is 12.1 Å². The molecule has 0 saturated heterocycles. The molecule has 0 bridgehead atoms. The summed E-state index contributed by atoms with van der Waals surface area (Å²) in [5.74, 6) is -0.268. The van der Waals surface area contributed by atoms with Gasteiger partial charge in [-0.05, 0) is 38.3 Å². The van der Waals surface area contributed by atoms with Crippen LogP contribution >= 0.6 is 12.0 Å². The average molecular weight is 337 g/mol. The summed E-state index contributed by atoms with van der Waals surface area (Å²) < 4.78 is 10.6. The van der Waals surface area contributed by atoms with E-state index in [1.165, 1.54) is 0 Å². The minimum atomic E-state index is -0.549. The van der Waals surface area contributed by atoms with E-state index >= 15 is 0 Å². The molecule has 0 spiro atoms. The number of rotatable bonds is 4. The van der Waals surface area contributed by atoms with Crippen LogP contribution in [-0.2, 0) is 20.1 Å². The Morgan fingerprint density at radius 2 is 2.00 bits per heavy atom.